The summed E-state index contributed by atoms with van der Waals surface area (Å²) in [4.78, 5) is 22.3. The maximum absolute atomic E-state index is 12.8. The second-order valence-corrected chi connectivity index (χ2v) is 8.26. The van der Waals surface area contributed by atoms with E-state index in [4.69, 9.17) is 10.5 Å². The summed E-state index contributed by atoms with van der Waals surface area (Å²) in [7, 11) is 3.72. The van der Waals surface area contributed by atoms with Crippen molar-refractivity contribution in [2.24, 2.45) is 0 Å². The van der Waals surface area contributed by atoms with Gasteiger partial charge in [0, 0.05) is 43.1 Å². The molecule has 0 saturated carbocycles. The van der Waals surface area contributed by atoms with E-state index in [2.05, 4.69) is 39.3 Å². The van der Waals surface area contributed by atoms with Crippen molar-refractivity contribution < 1.29 is 9.53 Å². The number of aromatic nitrogens is 1. The summed E-state index contributed by atoms with van der Waals surface area (Å²) in [6, 6.07) is 15.3. The number of ketones is 1. The topological polar surface area (TPSA) is 83.7 Å². The van der Waals surface area contributed by atoms with Gasteiger partial charge in [-0.3, -0.25) is 4.79 Å². The predicted octanol–water partition coefficient (Wildman–Crippen LogP) is 3.46. The van der Waals surface area contributed by atoms with Crippen molar-refractivity contribution in [2.45, 2.75) is 0 Å². The molecule has 2 aromatic carbocycles. The van der Waals surface area contributed by atoms with Gasteiger partial charge in [-0.1, -0.05) is 23.5 Å². The van der Waals surface area contributed by atoms with Crippen molar-refractivity contribution in [2.75, 3.05) is 56.3 Å². The molecule has 0 aliphatic carbocycles. The smallest absolute Gasteiger partial charge is 0.206 e. The van der Waals surface area contributed by atoms with E-state index < -0.39 is 0 Å². The first-order valence-corrected chi connectivity index (χ1v) is 10.6. The Balaban J connectivity index is 1.46. The highest BCUT2D eigenvalue weighted by atomic mass is 32.1. The lowest BCUT2D eigenvalue weighted by molar-refractivity contribution is 0.104. The number of anilines is 4. The number of rotatable bonds is 6. The van der Waals surface area contributed by atoms with Gasteiger partial charge in [0.25, 0.3) is 0 Å². The van der Waals surface area contributed by atoms with Gasteiger partial charge in [0.15, 0.2) is 5.13 Å². The Bertz CT molecular complexity index is 1030. The first kappa shape index (κ1) is 20.2. The summed E-state index contributed by atoms with van der Waals surface area (Å²) in [5, 5.41) is 3.84. The third-order valence-corrected chi connectivity index (χ3v) is 6.16. The zero-order valence-electron chi connectivity index (χ0n) is 17.1. The molecule has 0 radical (unpaired) electrons. The normalized spacial score (nSPS) is 14.5. The average Bonchev–Trinajstić information content (AvgIpc) is 3.14. The van der Waals surface area contributed by atoms with E-state index in [1.165, 1.54) is 17.0 Å². The summed E-state index contributed by atoms with van der Waals surface area (Å²) >= 11 is 1.25. The highest BCUT2D eigenvalue weighted by Gasteiger charge is 2.19. The van der Waals surface area contributed by atoms with Gasteiger partial charge in [0.1, 0.15) is 16.4 Å². The molecule has 0 amide bonds. The lowest BCUT2D eigenvalue weighted by atomic mass is 10.1. The largest absolute Gasteiger partial charge is 0.497 e. The van der Waals surface area contributed by atoms with E-state index in [9.17, 15) is 4.79 Å². The number of benzene rings is 2. The number of piperazine rings is 1. The fourth-order valence-electron chi connectivity index (χ4n) is 3.39. The number of nitrogen functional groups attached to an aromatic ring is 1. The Kier molecular flexibility index (Phi) is 5.87. The molecule has 1 fully saturated rings. The molecule has 4 rings (SSSR count). The number of nitrogens with two attached hydrogens (primary N) is 1. The van der Waals surface area contributed by atoms with Gasteiger partial charge in [0.05, 0.1) is 7.11 Å². The van der Waals surface area contributed by atoms with Crippen LogP contribution >= 0.6 is 11.3 Å². The van der Waals surface area contributed by atoms with Crippen LogP contribution in [0.25, 0.3) is 0 Å². The lowest BCUT2D eigenvalue weighted by Crippen LogP contribution is -2.44. The minimum absolute atomic E-state index is 0.164. The van der Waals surface area contributed by atoms with Gasteiger partial charge in [-0.05, 0) is 43.4 Å². The molecule has 1 aliphatic heterocycles. The van der Waals surface area contributed by atoms with Crippen LogP contribution in [0, 0.1) is 0 Å². The second kappa shape index (κ2) is 8.73. The summed E-state index contributed by atoms with van der Waals surface area (Å²) in [6.07, 6.45) is 0. The van der Waals surface area contributed by atoms with Crippen LogP contribution in [-0.4, -0.2) is 56.0 Å². The number of likely N-dealkylation sites (N-methyl/N-ethyl adjacent to an activating group) is 1. The SMILES string of the molecule is COc1cccc(C(=O)c2sc(Nc3ccc(N4CCN(C)CC4)cc3)nc2N)c1. The van der Waals surface area contributed by atoms with Crippen molar-refractivity contribution in [3.63, 3.8) is 0 Å². The van der Waals surface area contributed by atoms with Crippen LogP contribution in [0.4, 0.5) is 22.3 Å². The van der Waals surface area contributed by atoms with Crippen LogP contribution in [0.2, 0.25) is 0 Å². The molecule has 0 unspecified atom stereocenters. The molecule has 156 valence electrons. The highest BCUT2D eigenvalue weighted by Crippen LogP contribution is 2.31. The van der Waals surface area contributed by atoms with Crippen LogP contribution in [0.1, 0.15) is 15.2 Å². The van der Waals surface area contributed by atoms with Crippen LogP contribution < -0.4 is 20.7 Å². The Morgan fingerprint density at radius 1 is 1.13 bits per heavy atom. The molecule has 7 nitrogen and oxygen atoms in total. The molecule has 1 aliphatic rings. The number of hydrogen-bond donors (Lipinski definition) is 2. The standard InChI is InChI=1S/C22H25N5O2S/c1-26-10-12-27(13-11-26)17-8-6-16(7-9-17)24-22-25-21(23)20(30-22)19(28)15-4-3-5-18(14-15)29-2/h3-9,14H,10-13,23H2,1-2H3,(H,24,25). The zero-order valence-corrected chi connectivity index (χ0v) is 17.9. The number of nitrogens with one attached hydrogen (secondary N) is 1. The number of carbonyl (C=O) groups is 1. The van der Waals surface area contributed by atoms with E-state index in [0.29, 0.717) is 21.3 Å². The quantitative estimate of drug-likeness (QED) is 0.588. The number of hydrogen-bond acceptors (Lipinski definition) is 8. The van der Waals surface area contributed by atoms with E-state index >= 15 is 0 Å². The van der Waals surface area contributed by atoms with Gasteiger partial charge in [-0.25, -0.2) is 4.98 Å². The maximum atomic E-state index is 12.8. The molecule has 30 heavy (non-hydrogen) atoms. The van der Waals surface area contributed by atoms with Crippen molar-refractivity contribution in [1.29, 1.82) is 0 Å². The van der Waals surface area contributed by atoms with Gasteiger partial charge in [0.2, 0.25) is 5.78 Å². The van der Waals surface area contributed by atoms with Gasteiger partial charge < -0.3 is 25.6 Å². The number of nitrogens with zero attached hydrogens (tertiary/aromatic N) is 3. The van der Waals surface area contributed by atoms with E-state index in [1.807, 2.05) is 12.1 Å². The molecular weight excluding hydrogens is 398 g/mol. The monoisotopic (exact) mass is 423 g/mol. The fourth-order valence-corrected chi connectivity index (χ4v) is 4.25. The first-order valence-electron chi connectivity index (χ1n) is 9.79. The Labute approximate surface area is 180 Å². The zero-order chi connectivity index (χ0) is 21.1. The molecule has 1 aromatic heterocycles. The molecule has 1 saturated heterocycles. The fraction of sp³-hybridized carbons (Fsp3) is 0.273. The highest BCUT2D eigenvalue weighted by molar-refractivity contribution is 7.18. The van der Waals surface area contributed by atoms with Crippen LogP contribution in [-0.2, 0) is 0 Å². The summed E-state index contributed by atoms with van der Waals surface area (Å²) in [5.41, 5.74) is 8.67. The third-order valence-electron chi connectivity index (χ3n) is 5.18. The van der Waals surface area contributed by atoms with Crippen molar-refractivity contribution >= 4 is 39.4 Å². The number of carbonyl (C=O) groups excluding carboxylic acids is 1. The van der Waals surface area contributed by atoms with Crippen LogP contribution in [0.5, 0.6) is 5.75 Å². The van der Waals surface area contributed by atoms with Crippen molar-refractivity contribution in [3.8, 4) is 5.75 Å². The van der Waals surface area contributed by atoms with Crippen molar-refractivity contribution in [3.05, 3.63) is 59.0 Å². The minimum atomic E-state index is -0.164. The van der Waals surface area contributed by atoms with Gasteiger partial charge >= 0.3 is 0 Å². The number of ether oxygens (including phenoxy) is 1. The summed E-state index contributed by atoms with van der Waals surface area (Å²) in [5.74, 6) is 0.689. The minimum Gasteiger partial charge on any atom is -0.497 e. The van der Waals surface area contributed by atoms with Crippen molar-refractivity contribution in [1.82, 2.24) is 9.88 Å². The predicted molar refractivity (Wildman–Crippen MR) is 122 cm³/mol. The molecule has 0 atom stereocenters. The van der Waals surface area contributed by atoms with Crippen LogP contribution in [0.15, 0.2) is 48.5 Å². The van der Waals surface area contributed by atoms with Gasteiger partial charge in [-0.2, -0.15) is 0 Å². The van der Waals surface area contributed by atoms with E-state index in [-0.39, 0.29) is 11.6 Å². The molecule has 0 spiro atoms. The molecule has 2 heterocycles. The molecular formula is C22H25N5O2S. The van der Waals surface area contributed by atoms with Crippen LogP contribution in [0.3, 0.4) is 0 Å². The number of methoxy groups -OCH3 is 1. The second-order valence-electron chi connectivity index (χ2n) is 7.26. The Morgan fingerprint density at radius 2 is 1.87 bits per heavy atom. The lowest BCUT2D eigenvalue weighted by Gasteiger charge is -2.34. The average molecular weight is 424 g/mol. The Hall–Kier alpha value is -3.10. The molecule has 0 bridgehead atoms. The summed E-state index contributed by atoms with van der Waals surface area (Å²) in [6.45, 7) is 4.20. The molecule has 3 aromatic rings. The third kappa shape index (κ3) is 4.39. The summed E-state index contributed by atoms with van der Waals surface area (Å²) < 4.78 is 5.20. The van der Waals surface area contributed by atoms with Gasteiger partial charge in [-0.15, -0.1) is 0 Å². The first-order chi connectivity index (χ1) is 14.5. The van der Waals surface area contributed by atoms with E-state index in [1.54, 1.807) is 31.4 Å². The molecule has 8 heteroatoms. The maximum Gasteiger partial charge on any atom is 0.206 e. The molecule has 3 N–H and O–H groups in total. The van der Waals surface area contributed by atoms with E-state index in [0.717, 1.165) is 31.9 Å². The number of thiazole rings is 1. The Morgan fingerprint density at radius 3 is 2.57 bits per heavy atom.